The monoisotopic (exact) mass is 292 g/mol. The van der Waals surface area contributed by atoms with E-state index in [4.69, 9.17) is 9.84 Å². The molecule has 3 heteroatoms. The Balaban J connectivity index is 2.24. The number of aromatic carboxylic acids is 1. The van der Waals surface area contributed by atoms with E-state index < -0.39 is 5.97 Å². The Bertz CT molecular complexity index is 415. The van der Waals surface area contributed by atoms with Gasteiger partial charge in [-0.3, -0.25) is 0 Å². The summed E-state index contributed by atoms with van der Waals surface area (Å²) < 4.78 is 5.67. The second-order valence-electron chi connectivity index (χ2n) is 5.77. The van der Waals surface area contributed by atoms with Gasteiger partial charge in [-0.05, 0) is 24.5 Å². The van der Waals surface area contributed by atoms with Crippen molar-refractivity contribution in [3.05, 3.63) is 29.8 Å². The molecule has 0 saturated carbocycles. The molecule has 1 aromatic carbocycles. The molecule has 1 rings (SSSR count). The zero-order valence-corrected chi connectivity index (χ0v) is 13.3. The van der Waals surface area contributed by atoms with Gasteiger partial charge < -0.3 is 9.84 Å². The van der Waals surface area contributed by atoms with Gasteiger partial charge in [0, 0.05) is 0 Å². The van der Waals surface area contributed by atoms with Crippen LogP contribution < -0.4 is 4.74 Å². The summed E-state index contributed by atoms with van der Waals surface area (Å²) in [6.45, 7) is 4.98. The molecule has 3 nitrogen and oxygen atoms in total. The van der Waals surface area contributed by atoms with Crippen molar-refractivity contribution >= 4 is 5.97 Å². The number of para-hydroxylation sites is 1. The van der Waals surface area contributed by atoms with E-state index in [-0.39, 0.29) is 5.56 Å². The van der Waals surface area contributed by atoms with E-state index >= 15 is 0 Å². The molecule has 1 unspecified atom stereocenters. The first kappa shape index (κ1) is 17.5. The van der Waals surface area contributed by atoms with Gasteiger partial charge in [0.05, 0.1) is 6.61 Å². The standard InChI is InChI=1S/C18H28O3/c1-3-4-5-6-7-8-11-15(2)14-21-17-13-10-9-12-16(17)18(19)20/h9-10,12-13,15H,3-8,11,14H2,1-2H3,(H,19,20). The molecular formula is C18H28O3. The van der Waals surface area contributed by atoms with E-state index in [1.807, 2.05) is 0 Å². The second-order valence-corrected chi connectivity index (χ2v) is 5.77. The van der Waals surface area contributed by atoms with Crippen LogP contribution in [0.5, 0.6) is 5.75 Å². The largest absolute Gasteiger partial charge is 0.492 e. The van der Waals surface area contributed by atoms with Gasteiger partial charge in [-0.1, -0.05) is 64.5 Å². The van der Waals surface area contributed by atoms with Crippen LogP contribution in [0, 0.1) is 5.92 Å². The first-order valence-electron chi connectivity index (χ1n) is 8.10. The molecule has 0 aliphatic rings. The van der Waals surface area contributed by atoms with Gasteiger partial charge >= 0.3 is 5.97 Å². The summed E-state index contributed by atoms with van der Waals surface area (Å²) in [7, 11) is 0. The maximum absolute atomic E-state index is 11.1. The molecule has 0 amide bonds. The molecular weight excluding hydrogens is 264 g/mol. The van der Waals surface area contributed by atoms with Crippen LogP contribution in [-0.2, 0) is 0 Å². The van der Waals surface area contributed by atoms with Crippen molar-refractivity contribution in [1.29, 1.82) is 0 Å². The molecule has 118 valence electrons. The van der Waals surface area contributed by atoms with Gasteiger partial charge in [-0.2, -0.15) is 0 Å². The number of carbonyl (C=O) groups is 1. The third-order valence-corrected chi connectivity index (χ3v) is 3.69. The Morgan fingerprint density at radius 3 is 2.52 bits per heavy atom. The Kier molecular flexibility index (Phi) is 8.56. The highest BCUT2D eigenvalue weighted by atomic mass is 16.5. The highest BCUT2D eigenvalue weighted by Crippen LogP contribution is 2.20. The van der Waals surface area contributed by atoms with Gasteiger partial charge in [-0.15, -0.1) is 0 Å². The average molecular weight is 292 g/mol. The van der Waals surface area contributed by atoms with Crippen LogP contribution in [0.3, 0.4) is 0 Å². The topological polar surface area (TPSA) is 46.5 Å². The van der Waals surface area contributed by atoms with Crippen molar-refractivity contribution in [2.75, 3.05) is 6.61 Å². The average Bonchev–Trinajstić information content (AvgIpc) is 2.49. The first-order valence-corrected chi connectivity index (χ1v) is 8.10. The van der Waals surface area contributed by atoms with Gasteiger partial charge in [0.15, 0.2) is 0 Å². The lowest BCUT2D eigenvalue weighted by Gasteiger charge is -2.14. The van der Waals surface area contributed by atoms with Gasteiger partial charge in [-0.25, -0.2) is 4.79 Å². The lowest BCUT2D eigenvalue weighted by molar-refractivity contribution is 0.0691. The number of unbranched alkanes of at least 4 members (excludes halogenated alkanes) is 5. The molecule has 0 saturated heterocycles. The van der Waals surface area contributed by atoms with E-state index in [0.29, 0.717) is 18.3 Å². The van der Waals surface area contributed by atoms with Crippen molar-refractivity contribution in [2.45, 2.75) is 58.8 Å². The molecule has 0 bridgehead atoms. The quantitative estimate of drug-likeness (QED) is 0.574. The predicted molar refractivity (Wildman–Crippen MR) is 86.1 cm³/mol. The molecule has 1 aromatic rings. The van der Waals surface area contributed by atoms with Crippen LogP contribution >= 0.6 is 0 Å². The first-order chi connectivity index (χ1) is 10.1. The second kappa shape index (κ2) is 10.3. The van der Waals surface area contributed by atoms with Crippen LogP contribution in [0.25, 0.3) is 0 Å². The number of carboxylic acids is 1. The highest BCUT2D eigenvalue weighted by molar-refractivity contribution is 5.90. The third-order valence-electron chi connectivity index (χ3n) is 3.69. The fourth-order valence-electron chi connectivity index (χ4n) is 2.36. The van der Waals surface area contributed by atoms with Gasteiger partial charge in [0.25, 0.3) is 0 Å². The van der Waals surface area contributed by atoms with E-state index in [9.17, 15) is 4.79 Å². The van der Waals surface area contributed by atoms with Crippen molar-refractivity contribution in [3.63, 3.8) is 0 Å². The fourth-order valence-corrected chi connectivity index (χ4v) is 2.36. The number of hydrogen-bond donors (Lipinski definition) is 1. The molecule has 21 heavy (non-hydrogen) atoms. The van der Waals surface area contributed by atoms with Gasteiger partial charge in [0.2, 0.25) is 0 Å². The predicted octanol–water partition coefficient (Wildman–Crippen LogP) is 5.15. The number of hydrogen-bond acceptors (Lipinski definition) is 2. The molecule has 0 spiro atoms. The summed E-state index contributed by atoms with van der Waals surface area (Å²) >= 11 is 0. The summed E-state index contributed by atoms with van der Waals surface area (Å²) in [5.74, 6) is -0.00741. The lowest BCUT2D eigenvalue weighted by atomic mass is 10.0. The smallest absolute Gasteiger partial charge is 0.339 e. The Morgan fingerprint density at radius 1 is 1.14 bits per heavy atom. The number of carboxylic acid groups (broad SMARTS) is 1. The van der Waals surface area contributed by atoms with Crippen LogP contribution in [0.4, 0.5) is 0 Å². The van der Waals surface area contributed by atoms with E-state index in [2.05, 4.69) is 13.8 Å². The number of rotatable bonds is 11. The fraction of sp³-hybridized carbons (Fsp3) is 0.611. The minimum Gasteiger partial charge on any atom is -0.492 e. The SMILES string of the molecule is CCCCCCCCC(C)COc1ccccc1C(=O)O. The summed E-state index contributed by atoms with van der Waals surface area (Å²) in [4.78, 5) is 11.1. The maximum Gasteiger partial charge on any atom is 0.339 e. The summed E-state index contributed by atoms with van der Waals surface area (Å²) in [5.41, 5.74) is 0.240. The third kappa shape index (κ3) is 7.16. The zero-order chi connectivity index (χ0) is 15.5. The van der Waals surface area contributed by atoms with Crippen molar-refractivity contribution in [2.24, 2.45) is 5.92 Å². The zero-order valence-electron chi connectivity index (χ0n) is 13.3. The Morgan fingerprint density at radius 2 is 1.81 bits per heavy atom. The Labute approximate surface area is 128 Å². The molecule has 1 N–H and O–H groups in total. The van der Waals surface area contributed by atoms with Crippen molar-refractivity contribution in [1.82, 2.24) is 0 Å². The molecule has 0 heterocycles. The number of ether oxygens (including phenoxy) is 1. The molecule has 0 aromatic heterocycles. The lowest BCUT2D eigenvalue weighted by Crippen LogP contribution is -2.11. The number of benzene rings is 1. The minimum atomic E-state index is -0.936. The normalized spacial score (nSPS) is 12.1. The minimum absolute atomic E-state index is 0.240. The molecule has 0 aliphatic carbocycles. The highest BCUT2D eigenvalue weighted by Gasteiger charge is 2.11. The van der Waals surface area contributed by atoms with Crippen LogP contribution in [0.1, 0.15) is 69.2 Å². The Hall–Kier alpha value is -1.51. The van der Waals surface area contributed by atoms with Crippen LogP contribution in [-0.4, -0.2) is 17.7 Å². The molecule has 0 radical (unpaired) electrons. The molecule has 0 aliphatic heterocycles. The van der Waals surface area contributed by atoms with E-state index in [0.717, 1.165) is 6.42 Å². The summed E-state index contributed by atoms with van der Waals surface area (Å²) in [6.07, 6.45) is 8.95. The van der Waals surface area contributed by atoms with Crippen LogP contribution in [0.2, 0.25) is 0 Å². The van der Waals surface area contributed by atoms with Gasteiger partial charge in [0.1, 0.15) is 11.3 Å². The maximum atomic E-state index is 11.1. The van der Waals surface area contributed by atoms with E-state index in [1.165, 1.54) is 38.5 Å². The van der Waals surface area contributed by atoms with Crippen LogP contribution in [0.15, 0.2) is 24.3 Å². The molecule has 1 atom stereocenters. The van der Waals surface area contributed by atoms with Crippen molar-refractivity contribution in [3.8, 4) is 5.75 Å². The summed E-state index contributed by atoms with van der Waals surface area (Å²) in [5, 5.41) is 9.10. The van der Waals surface area contributed by atoms with Crippen molar-refractivity contribution < 1.29 is 14.6 Å². The molecule has 0 fully saturated rings. The summed E-state index contributed by atoms with van der Waals surface area (Å²) in [6, 6.07) is 6.83. The van der Waals surface area contributed by atoms with E-state index in [1.54, 1.807) is 24.3 Å².